The summed E-state index contributed by atoms with van der Waals surface area (Å²) in [6.45, 7) is -1.94. The van der Waals surface area contributed by atoms with Crippen molar-refractivity contribution in [2.24, 2.45) is 0 Å². The van der Waals surface area contributed by atoms with Gasteiger partial charge in [-0.3, -0.25) is 19.4 Å². The molecular formula is C12H8F6N2O8-2. The zero-order valence-corrected chi connectivity index (χ0v) is 13.2. The van der Waals surface area contributed by atoms with Gasteiger partial charge in [0.15, 0.2) is 0 Å². The first-order chi connectivity index (χ1) is 12.7. The van der Waals surface area contributed by atoms with Crippen LogP contribution in [0.1, 0.15) is 0 Å². The smallest absolute Gasteiger partial charge is 0.471 e. The SMILES string of the molecule is O=C([O-])N(C(=O)C(F)(F)F)[C@@H]1CO[C@H]2[C@@H]1OC[C@@H]2N(C(=O)[O-])C(=O)C(F)(F)F. The normalized spacial score (nSPS) is 27.2. The fraction of sp³-hybridized carbons (Fsp3) is 0.667. The summed E-state index contributed by atoms with van der Waals surface area (Å²) in [4.78, 5) is 43.0. The van der Waals surface area contributed by atoms with Gasteiger partial charge in [-0.2, -0.15) is 26.3 Å². The average Bonchev–Trinajstić information content (AvgIpc) is 3.09. The van der Waals surface area contributed by atoms with Gasteiger partial charge in [-0.25, -0.2) is 0 Å². The number of nitrogens with zero attached hydrogens (tertiary/aromatic N) is 2. The minimum absolute atomic E-state index is 0.776. The van der Waals surface area contributed by atoms with Gasteiger partial charge >= 0.3 is 24.2 Å². The molecular weight excluding hydrogens is 414 g/mol. The minimum Gasteiger partial charge on any atom is -0.530 e. The van der Waals surface area contributed by atoms with E-state index in [9.17, 15) is 55.7 Å². The first kappa shape index (κ1) is 21.7. The predicted octanol–water partition coefficient (Wildman–Crippen LogP) is -2.01. The predicted molar refractivity (Wildman–Crippen MR) is 63.7 cm³/mol. The van der Waals surface area contributed by atoms with Crippen LogP contribution in [0.3, 0.4) is 0 Å². The van der Waals surface area contributed by atoms with E-state index >= 15 is 0 Å². The first-order valence-corrected chi connectivity index (χ1v) is 7.13. The van der Waals surface area contributed by atoms with Gasteiger partial charge in [-0.15, -0.1) is 0 Å². The van der Waals surface area contributed by atoms with Crippen molar-refractivity contribution in [3.05, 3.63) is 0 Å². The third-order valence-corrected chi connectivity index (χ3v) is 3.98. The Bertz CT molecular complexity index is 637. The molecule has 10 nitrogen and oxygen atoms in total. The zero-order chi connectivity index (χ0) is 21.6. The van der Waals surface area contributed by atoms with Gasteiger partial charge in [0.2, 0.25) is 0 Å². The van der Waals surface area contributed by atoms with E-state index < -0.39 is 83.7 Å². The lowest BCUT2D eigenvalue weighted by molar-refractivity contribution is -0.272. The number of imide groups is 2. The van der Waals surface area contributed by atoms with Crippen molar-refractivity contribution in [3.63, 3.8) is 0 Å². The molecule has 2 rings (SSSR count). The van der Waals surface area contributed by atoms with Gasteiger partial charge in [-0.1, -0.05) is 0 Å². The first-order valence-electron chi connectivity index (χ1n) is 7.13. The van der Waals surface area contributed by atoms with Gasteiger partial charge < -0.3 is 29.3 Å². The Morgan fingerprint density at radius 2 is 1.00 bits per heavy atom. The largest absolute Gasteiger partial charge is 0.530 e. The summed E-state index contributed by atoms with van der Waals surface area (Å²) in [7, 11) is 0. The molecule has 2 aliphatic heterocycles. The van der Waals surface area contributed by atoms with Crippen LogP contribution in [0.15, 0.2) is 0 Å². The monoisotopic (exact) mass is 422 g/mol. The van der Waals surface area contributed by atoms with Crippen molar-refractivity contribution in [3.8, 4) is 0 Å². The number of alkyl halides is 6. The molecule has 2 heterocycles. The molecule has 0 saturated carbocycles. The Morgan fingerprint density at radius 1 is 0.714 bits per heavy atom. The molecule has 0 bridgehead atoms. The highest BCUT2D eigenvalue weighted by Gasteiger charge is 2.58. The van der Waals surface area contributed by atoms with Gasteiger partial charge in [0, 0.05) is 0 Å². The van der Waals surface area contributed by atoms with Crippen molar-refractivity contribution in [2.75, 3.05) is 13.2 Å². The van der Waals surface area contributed by atoms with E-state index in [0.29, 0.717) is 0 Å². The van der Waals surface area contributed by atoms with Crippen LogP contribution < -0.4 is 10.2 Å². The second-order valence-electron chi connectivity index (χ2n) is 5.61. The third-order valence-electron chi connectivity index (χ3n) is 3.98. The summed E-state index contributed by atoms with van der Waals surface area (Å²) in [5, 5.41) is 22.0. The molecule has 2 fully saturated rings. The third kappa shape index (κ3) is 3.82. The van der Waals surface area contributed by atoms with E-state index in [4.69, 9.17) is 9.47 Å². The number of rotatable bonds is 2. The number of hydrogen-bond acceptors (Lipinski definition) is 8. The zero-order valence-electron chi connectivity index (χ0n) is 13.2. The van der Waals surface area contributed by atoms with E-state index in [1.807, 2.05) is 0 Å². The van der Waals surface area contributed by atoms with Crippen LogP contribution in [0, 0.1) is 0 Å². The molecule has 28 heavy (non-hydrogen) atoms. The number of halogens is 6. The van der Waals surface area contributed by atoms with Crippen LogP contribution in [0.2, 0.25) is 0 Å². The minimum atomic E-state index is -5.64. The van der Waals surface area contributed by atoms with Crippen LogP contribution in [0.5, 0.6) is 0 Å². The summed E-state index contributed by atoms with van der Waals surface area (Å²) in [6.07, 6.45) is -20.0. The Balaban J connectivity index is 2.30. The van der Waals surface area contributed by atoms with Crippen molar-refractivity contribution >= 4 is 24.0 Å². The summed E-state index contributed by atoms with van der Waals surface area (Å²) in [5.41, 5.74) is 0. The summed E-state index contributed by atoms with van der Waals surface area (Å²) >= 11 is 0. The molecule has 0 spiro atoms. The maximum absolute atomic E-state index is 12.6. The van der Waals surface area contributed by atoms with Crippen molar-refractivity contribution in [1.82, 2.24) is 9.80 Å². The van der Waals surface area contributed by atoms with E-state index in [-0.39, 0.29) is 0 Å². The summed E-state index contributed by atoms with van der Waals surface area (Å²) in [6, 6.07) is -4.00. The molecule has 4 amide bonds. The van der Waals surface area contributed by atoms with E-state index in [0.717, 1.165) is 0 Å². The van der Waals surface area contributed by atoms with Gasteiger partial charge in [0.1, 0.15) is 24.4 Å². The molecule has 0 aliphatic carbocycles. The fourth-order valence-corrected chi connectivity index (χ4v) is 2.91. The quantitative estimate of drug-likeness (QED) is 0.465. The van der Waals surface area contributed by atoms with Crippen LogP contribution >= 0.6 is 0 Å². The lowest BCUT2D eigenvalue weighted by Gasteiger charge is -2.32. The second kappa shape index (κ2) is 7.08. The number of carbonyl (C=O) groups is 4. The summed E-state index contributed by atoms with van der Waals surface area (Å²) in [5.74, 6) is -5.73. The molecule has 0 radical (unpaired) electrons. The van der Waals surface area contributed by atoms with Crippen molar-refractivity contribution in [2.45, 2.75) is 36.6 Å². The van der Waals surface area contributed by atoms with Crippen LogP contribution in [-0.2, 0) is 19.1 Å². The molecule has 2 saturated heterocycles. The van der Waals surface area contributed by atoms with Gasteiger partial charge in [0.25, 0.3) is 0 Å². The Hall–Kier alpha value is -2.62. The van der Waals surface area contributed by atoms with E-state index in [2.05, 4.69) is 0 Å². The maximum atomic E-state index is 12.6. The van der Waals surface area contributed by atoms with Crippen molar-refractivity contribution in [1.29, 1.82) is 0 Å². The van der Waals surface area contributed by atoms with Crippen LogP contribution in [0.4, 0.5) is 35.9 Å². The standard InChI is InChI=1S/C12H10F6N2O8/c13-11(14,15)7(21)19(9(23)24)3-1-27-6-4(2-28-5(3)6)20(10(25)26)8(22)12(16,17)18/h3-6H,1-2H2,(H,23,24)(H,25,26)/p-2/t3-,4+,5-,6-/m1/s1. The number of fused-ring (bicyclic) bond motifs is 1. The van der Waals surface area contributed by atoms with Gasteiger partial charge in [-0.05, 0) is 0 Å². The highest BCUT2D eigenvalue weighted by Crippen LogP contribution is 2.35. The number of amides is 4. The average molecular weight is 422 g/mol. The number of carbonyl (C=O) groups excluding carboxylic acids is 4. The lowest BCUT2D eigenvalue weighted by atomic mass is 10.0. The lowest BCUT2D eigenvalue weighted by Crippen LogP contribution is -2.60. The topological polar surface area (TPSA) is 139 Å². The molecule has 0 N–H and O–H groups in total. The highest BCUT2D eigenvalue weighted by atomic mass is 19.4. The molecule has 0 aromatic rings. The van der Waals surface area contributed by atoms with Gasteiger partial charge in [0.05, 0.1) is 25.3 Å². The van der Waals surface area contributed by atoms with Crippen LogP contribution in [0.25, 0.3) is 0 Å². The Labute approximate surface area is 150 Å². The highest BCUT2D eigenvalue weighted by molar-refractivity contribution is 5.95. The molecule has 2 aliphatic rings. The summed E-state index contributed by atoms with van der Waals surface area (Å²) < 4.78 is 85.2. The molecule has 158 valence electrons. The van der Waals surface area contributed by atoms with E-state index in [1.54, 1.807) is 0 Å². The van der Waals surface area contributed by atoms with E-state index in [1.165, 1.54) is 0 Å². The Kier molecular flexibility index (Phi) is 5.48. The van der Waals surface area contributed by atoms with Crippen molar-refractivity contribution < 1.29 is 65.2 Å². The number of ether oxygens (including phenoxy) is 2. The number of hydrogen-bond donors (Lipinski definition) is 0. The molecule has 0 aromatic carbocycles. The fourth-order valence-electron chi connectivity index (χ4n) is 2.91. The molecule has 4 atom stereocenters. The second-order valence-corrected chi connectivity index (χ2v) is 5.61. The number of carboxylic acid groups (broad SMARTS) is 2. The maximum Gasteiger partial charge on any atom is 0.471 e. The molecule has 16 heteroatoms. The van der Waals surface area contributed by atoms with Crippen LogP contribution in [-0.4, -0.2) is 83.7 Å². The molecule has 0 aromatic heterocycles. The Morgan fingerprint density at radius 3 is 1.21 bits per heavy atom. The molecule has 0 unspecified atom stereocenters.